The Morgan fingerprint density at radius 2 is 1.74 bits per heavy atom. The fraction of sp³-hybridized carbons (Fsp3) is 0.308. The number of hydrogen-bond acceptors (Lipinski definition) is 5. The Kier molecular flexibility index (Phi) is 7.01. The SMILES string of the molecule is CC#CCC(NC(=O)OCC1c2ccccc2-c2ccccc21)C(=O)NC1C(=O)NCC1C(=O)O. The summed E-state index contributed by atoms with van der Waals surface area (Å²) in [7, 11) is 0. The van der Waals surface area contributed by atoms with Gasteiger partial charge in [0, 0.05) is 18.9 Å². The van der Waals surface area contributed by atoms with Crippen LogP contribution in [-0.4, -0.2) is 54.2 Å². The van der Waals surface area contributed by atoms with E-state index in [4.69, 9.17) is 4.74 Å². The van der Waals surface area contributed by atoms with E-state index in [1.54, 1.807) is 6.92 Å². The van der Waals surface area contributed by atoms with Gasteiger partial charge in [-0.1, -0.05) is 48.5 Å². The maximum atomic E-state index is 12.8. The predicted molar refractivity (Wildman–Crippen MR) is 126 cm³/mol. The minimum atomic E-state index is -1.23. The van der Waals surface area contributed by atoms with Crippen LogP contribution in [0.2, 0.25) is 0 Å². The molecule has 1 saturated heterocycles. The first-order valence-electron chi connectivity index (χ1n) is 11.2. The highest BCUT2D eigenvalue weighted by atomic mass is 16.5. The lowest BCUT2D eigenvalue weighted by atomic mass is 9.98. The van der Waals surface area contributed by atoms with E-state index in [0.29, 0.717) is 0 Å². The lowest BCUT2D eigenvalue weighted by Crippen LogP contribution is -2.53. The molecule has 1 heterocycles. The lowest BCUT2D eigenvalue weighted by molar-refractivity contribution is -0.143. The maximum absolute atomic E-state index is 12.8. The number of rotatable bonds is 7. The molecular weight excluding hydrogens is 450 g/mol. The van der Waals surface area contributed by atoms with Crippen LogP contribution in [-0.2, 0) is 19.1 Å². The Labute approximate surface area is 202 Å². The molecule has 1 fully saturated rings. The van der Waals surface area contributed by atoms with Crippen molar-refractivity contribution >= 4 is 23.9 Å². The minimum Gasteiger partial charge on any atom is -0.481 e. The van der Waals surface area contributed by atoms with Crippen LogP contribution in [0.25, 0.3) is 11.1 Å². The highest BCUT2D eigenvalue weighted by Crippen LogP contribution is 2.44. The van der Waals surface area contributed by atoms with Gasteiger partial charge in [-0.05, 0) is 29.2 Å². The van der Waals surface area contributed by atoms with Crippen LogP contribution >= 0.6 is 0 Å². The molecule has 0 radical (unpaired) electrons. The van der Waals surface area contributed by atoms with Crippen molar-refractivity contribution < 1.29 is 29.0 Å². The molecule has 35 heavy (non-hydrogen) atoms. The monoisotopic (exact) mass is 475 g/mol. The molecule has 180 valence electrons. The number of alkyl carbamates (subject to hydrolysis) is 1. The smallest absolute Gasteiger partial charge is 0.407 e. The Hall–Kier alpha value is -4.32. The Morgan fingerprint density at radius 3 is 2.34 bits per heavy atom. The van der Waals surface area contributed by atoms with Gasteiger partial charge in [-0.25, -0.2) is 4.79 Å². The molecule has 0 aromatic heterocycles. The van der Waals surface area contributed by atoms with Crippen LogP contribution in [0, 0.1) is 17.8 Å². The molecule has 3 amide bonds. The number of carboxylic acids is 1. The van der Waals surface area contributed by atoms with Crippen molar-refractivity contribution in [2.45, 2.75) is 31.3 Å². The lowest BCUT2D eigenvalue weighted by Gasteiger charge is -2.21. The van der Waals surface area contributed by atoms with Crippen LogP contribution in [0.15, 0.2) is 48.5 Å². The number of carbonyl (C=O) groups excluding carboxylic acids is 3. The zero-order chi connectivity index (χ0) is 24.9. The minimum absolute atomic E-state index is 0.0292. The molecule has 4 rings (SSSR count). The van der Waals surface area contributed by atoms with Crippen LogP contribution in [0.5, 0.6) is 0 Å². The number of fused-ring (bicyclic) bond motifs is 3. The first-order valence-corrected chi connectivity index (χ1v) is 11.2. The molecular formula is C26H25N3O6. The van der Waals surface area contributed by atoms with E-state index in [0.717, 1.165) is 22.3 Å². The van der Waals surface area contributed by atoms with Crippen molar-refractivity contribution in [3.05, 3.63) is 59.7 Å². The second-order valence-electron chi connectivity index (χ2n) is 8.33. The van der Waals surface area contributed by atoms with Gasteiger partial charge in [0.05, 0.1) is 0 Å². The number of amides is 3. The van der Waals surface area contributed by atoms with Gasteiger partial charge in [-0.15, -0.1) is 11.8 Å². The average Bonchev–Trinajstić information content (AvgIpc) is 3.38. The number of carboxylic acid groups (broad SMARTS) is 1. The van der Waals surface area contributed by atoms with Crippen molar-refractivity contribution in [2.75, 3.05) is 13.2 Å². The number of carbonyl (C=O) groups is 4. The van der Waals surface area contributed by atoms with Crippen LogP contribution in [0.1, 0.15) is 30.4 Å². The molecule has 0 saturated carbocycles. The summed E-state index contributed by atoms with van der Waals surface area (Å²) < 4.78 is 5.50. The fourth-order valence-electron chi connectivity index (χ4n) is 4.47. The quantitative estimate of drug-likeness (QED) is 0.450. The average molecular weight is 476 g/mol. The van der Waals surface area contributed by atoms with Crippen molar-refractivity contribution in [2.24, 2.45) is 5.92 Å². The summed E-state index contributed by atoms with van der Waals surface area (Å²) in [6.07, 6.45) is -0.839. The first-order chi connectivity index (χ1) is 16.9. The molecule has 9 heteroatoms. The normalized spacial score (nSPS) is 18.8. The fourth-order valence-corrected chi connectivity index (χ4v) is 4.47. The molecule has 2 aromatic carbocycles. The van der Waals surface area contributed by atoms with E-state index in [9.17, 15) is 24.3 Å². The molecule has 0 bridgehead atoms. The topological polar surface area (TPSA) is 134 Å². The van der Waals surface area contributed by atoms with Gasteiger partial charge < -0.3 is 25.8 Å². The third-order valence-corrected chi connectivity index (χ3v) is 6.23. The summed E-state index contributed by atoms with van der Waals surface area (Å²) in [5.41, 5.74) is 4.30. The summed E-state index contributed by atoms with van der Waals surface area (Å²) in [6, 6.07) is 13.5. The summed E-state index contributed by atoms with van der Waals surface area (Å²) in [5.74, 6) is 1.64. The number of hydrogen-bond donors (Lipinski definition) is 4. The van der Waals surface area contributed by atoms with Crippen LogP contribution < -0.4 is 16.0 Å². The number of benzene rings is 2. The third-order valence-electron chi connectivity index (χ3n) is 6.23. The van der Waals surface area contributed by atoms with Gasteiger partial charge in [0.2, 0.25) is 11.8 Å². The number of aliphatic carboxylic acids is 1. The van der Waals surface area contributed by atoms with Crippen molar-refractivity contribution in [3.63, 3.8) is 0 Å². The zero-order valence-corrected chi connectivity index (χ0v) is 19.0. The van der Waals surface area contributed by atoms with E-state index >= 15 is 0 Å². The Bertz CT molecular complexity index is 1190. The largest absolute Gasteiger partial charge is 0.481 e. The van der Waals surface area contributed by atoms with Crippen molar-refractivity contribution in [1.29, 1.82) is 0 Å². The summed E-state index contributed by atoms with van der Waals surface area (Å²) >= 11 is 0. The molecule has 3 atom stereocenters. The molecule has 9 nitrogen and oxygen atoms in total. The molecule has 1 aliphatic carbocycles. The van der Waals surface area contributed by atoms with Gasteiger partial charge in [-0.2, -0.15) is 0 Å². The van der Waals surface area contributed by atoms with Crippen molar-refractivity contribution in [1.82, 2.24) is 16.0 Å². The Balaban J connectivity index is 1.42. The zero-order valence-electron chi connectivity index (χ0n) is 19.0. The highest BCUT2D eigenvalue weighted by molar-refractivity contribution is 5.96. The molecule has 2 aromatic rings. The van der Waals surface area contributed by atoms with Crippen LogP contribution in [0.3, 0.4) is 0 Å². The summed E-state index contributed by atoms with van der Waals surface area (Å²) in [5, 5.41) is 16.6. The van der Waals surface area contributed by atoms with E-state index in [1.807, 2.05) is 48.5 Å². The maximum Gasteiger partial charge on any atom is 0.407 e. The van der Waals surface area contributed by atoms with Gasteiger partial charge in [0.15, 0.2) is 0 Å². The van der Waals surface area contributed by atoms with Gasteiger partial charge in [0.1, 0.15) is 24.6 Å². The van der Waals surface area contributed by atoms with E-state index in [-0.39, 0.29) is 25.5 Å². The van der Waals surface area contributed by atoms with E-state index in [1.165, 1.54) is 0 Å². The summed E-state index contributed by atoms with van der Waals surface area (Å²) in [6.45, 7) is 1.57. The van der Waals surface area contributed by atoms with Crippen LogP contribution in [0.4, 0.5) is 4.79 Å². The number of nitrogens with one attached hydrogen (secondary N) is 3. The third kappa shape index (κ3) is 4.96. The molecule has 1 aliphatic heterocycles. The second kappa shape index (κ2) is 10.3. The van der Waals surface area contributed by atoms with E-state index < -0.39 is 41.9 Å². The first kappa shape index (κ1) is 23.8. The molecule has 3 unspecified atom stereocenters. The predicted octanol–water partition coefficient (Wildman–Crippen LogP) is 1.62. The molecule has 0 spiro atoms. The highest BCUT2D eigenvalue weighted by Gasteiger charge is 2.41. The summed E-state index contributed by atoms with van der Waals surface area (Å²) in [4.78, 5) is 48.9. The number of ether oxygens (including phenoxy) is 1. The standard InChI is InChI=1S/C26H25N3O6/c1-2-3-12-21(23(30)29-22-19(25(32)33)13-27-24(22)31)28-26(34)35-14-20-17-10-6-4-8-15(17)16-9-5-7-11-18(16)20/h4-11,19-22H,12-14H2,1H3,(H,27,31)(H,28,34)(H,29,30)(H,32,33). The molecule has 4 N–H and O–H groups in total. The molecule has 2 aliphatic rings. The second-order valence-corrected chi connectivity index (χ2v) is 8.33. The van der Waals surface area contributed by atoms with Gasteiger partial charge in [-0.3, -0.25) is 14.4 Å². The van der Waals surface area contributed by atoms with Gasteiger partial charge in [0.25, 0.3) is 0 Å². The van der Waals surface area contributed by atoms with E-state index in [2.05, 4.69) is 27.8 Å². The Morgan fingerprint density at radius 1 is 1.11 bits per heavy atom. The van der Waals surface area contributed by atoms with Gasteiger partial charge >= 0.3 is 12.1 Å². The van der Waals surface area contributed by atoms with Crippen molar-refractivity contribution in [3.8, 4) is 23.0 Å².